The first-order valence-electron chi connectivity index (χ1n) is 6.71. The highest BCUT2D eigenvalue weighted by atomic mass is 16.4. The molecule has 0 fully saturated rings. The number of aliphatic carboxylic acids is 1. The number of hydrogen-bond acceptors (Lipinski definition) is 2. The number of nitrogens with one attached hydrogen (secondary N) is 1. The molecule has 4 heteroatoms. The average molecular weight is 277 g/mol. The highest BCUT2D eigenvalue weighted by Gasteiger charge is 2.29. The normalized spacial score (nSPS) is 12.8. The third-order valence-corrected chi connectivity index (χ3v) is 3.36. The van der Waals surface area contributed by atoms with Crippen molar-refractivity contribution in [2.24, 2.45) is 5.41 Å². The highest BCUT2D eigenvalue weighted by Crippen LogP contribution is 2.22. The number of benzene rings is 1. The molecule has 0 bridgehead atoms. The van der Waals surface area contributed by atoms with Crippen molar-refractivity contribution in [1.29, 1.82) is 0 Å². The Bertz CT molecular complexity index is 515. The Hall–Kier alpha value is -1.84. The Balaban J connectivity index is 2.93. The van der Waals surface area contributed by atoms with E-state index in [1.807, 2.05) is 46.8 Å². The maximum atomic E-state index is 12.3. The van der Waals surface area contributed by atoms with E-state index in [1.165, 1.54) is 0 Å². The average Bonchev–Trinajstić information content (AvgIpc) is 2.25. The van der Waals surface area contributed by atoms with Crippen LogP contribution in [0.4, 0.5) is 0 Å². The Labute approximate surface area is 120 Å². The summed E-state index contributed by atoms with van der Waals surface area (Å²) >= 11 is 0. The molecule has 0 aliphatic rings. The minimum absolute atomic E-state index is 0.0832. The van der Waals surface area contributed by atoms with E-state index in [-0.39, 0.29) is 17.7 Å². The van der Waals surface area contributed by atoms with Gasteiger partial charge in [0.05, 0.1) is 6.42 Å². The molecule has 110 valence electrons. The second kappa shape index (κ2) is 6.07. The molecule has 0 saturated carbocycles. The number of rotatable bonds is 4. The van der Waals surface area contributed by atoms with E-state index in [0.29, 0.717) is 5.56 Å². The van der Waals surface area contributed by atoms with Crippen molar-refractivity contribution >= 4 is 11.9 Å². The highest BCUT2D eigenvalue weighted by molar-refractivity contribution is 5.96. The number of aryl methyl sites for hydroxylation is 2. The lowest BCUT2D eigenvalue weighted by Gasteiger charge is -2.30. The maximum Gasteiger partial charge on any atom is 0.305 e. The van der Waals surface area contributed by atoms with Crippen molar-refractivity contribution in [3.63, 3.8) is 0 Å². The lowest BCUT2D eigenvalue weighted by atomic mass is 9.84. The fourth-order valence-electron chi connectivity index (χ4n) is 2.05. The van der Waals surface area contributed by atoms with Crippen LogP contribution >= 0.6 is 0 Å². The first-order valence-corrected chi connectivity index (χ1v) is 6.71. The van der Waals surface area contributed by atoms with Crippen molar-refractivity contribution in [3.8, 4) is 0 Å². The fourth-order valence-corrected chi connectivity index (χ4v) is 2.05. The van der Waals surface area contributed by atoms with Gasteiger partial charge in [0, 0.05) is 11.6 Å². The SMILES string of the molecule is Cc1ccc(C(=O)NC(CC(=O)O)C(C)(C)C)c(C)c1. The van der Waals surface area contributed by atoms with E-state index < -0.39 is 12.0 Å². The summed E-state index contributed by atoms with van der Waals surface area (Å²) in [4.78, 5) is 23.2. The maximum absolute atomic E-state index is 12.3. The molecular weight excluding hydrogens is 254 g/mol. The van der Waals surface area contributed by atoms with Gasteiger partial charge in [0.2, 0.25) is 0 Å². The molecule has 0 spiro atoms. The Kier molecular flexibility index (Phi) is 4.93. The molecule has 1 amide bonds. The van der Waals surface area contributed by atoms with Gasteiger partial charge in [-0.3, -0.25) is 9.59 Å². The molecule has 0 aliphatic carbocycles. The molecule has 20 heavy (non-hydrogen) atoms. The summed E-state index contributed by atoms with van der Waals surface area (Å²) in [6.45, 7) is 9.61. The molecule has 0 aromatic heterocycles. The van der Waals surface area contributed by atoms with Gasteiger partial charge in [-0.15, -0.1) is 0 Å². The molecule has 1 rings (SSSR count). The first-order chi connectivity index (χ1) is 9.11. The Morgan fingerprint density at radius 2 is 1.85 bits per heavy atom. The van der Waals surface area contributed by atoms with E-state index in [9.17, 15) is 9.59 Å². The minimum Gasteiger partial charge on any atom is -0.481 e. The first kappa shape index (κ1) is 16.2. The second-order valence-corrected chi connectivity index (χ2v) is 6.31. The topological polar surface area (TPSA) is 66.4 Å². The van der Waals surface area contributed by atoms with Crippen molar-refractivity contribution in [2.75, 3.05) is 0 Å². The van der Waals surface area contributed by atoms with Crippen LogP contribution < -0.4 is 5.32 Å². The summed E-state index contributed by atoms with van der Waals surface area (Å²) in [5, 5.41) is 11.8. The van der Waals surface area contributed by atoms with Crippen LogP contribution in [0, 0.1) is 19.3 Å². The van der Waals surface area contributed by atoms with Crippen molar-refractivity contribution < 1.29 is 14.7 Å². The van der Waals surface area contributed by atoms with Crippen molar-refractivity contribution in [1.82, 2.24) is 5.32 Å². The minimum atomic E-state index is -0.911. The molecule has 0 heterocycles. The fraction of sp³-hybridized carbons (Fsp3) is 0.500. The standard InChI is InChI=1S/C16H23NO3/c1-10-6-7-12(11(2)8-10)15(20)17-13(9-14(18)19)16(3,4)5/h6-8,13H,9H2,1-5H3,(H,17,20)(H,18,19). The molecule has 1 unspecified atom stereocenters. The summed E-state index contributed by atoms with van der Waals surface area (Å²) in [6.07, 6.45) is -0.0832. The second-order valence-electron chi connectivity index (χ2n) is 6.31. The van der Waals surface area contributed by atoms with E-state index >= 15 is 0 Å². The zero-order chi connectivity index (χ0) is 15.5. The van der Waals surface area contributed by atoms with Gasteiger partial charge < -0.3 is 10.4 Å². The summed E-state index contributed by atoms with van der Waals surface area (Å²) < 4.78 is 0. The van der Waals surface area contributed by atoms with Crippen LogP contribution in [-0.4, -0.2) is 23.0 Å². The van der Waals surface area contributed by atoms with Crippen LogP contribution in [0.25, 0.3) is 0 Å². The molecule has 4 nitrogen and oxygen atoms in total. The monoisotopic (exact) mass is 277 g/mol. The number of carbonyl (C=O) groups excluding carboxylic acids is 1. The molecule has 0 radical (unpaired) electrons. The van der Waals surface area contributed by atoms with Crippen LogP contribution in [0.15, 0.2) is 18.2 Å². The van der Waals surface area contributed by atoms with Crippen molar-refractivity contribution in [3.05, 3.63) is 34.9 Å². The van der Waals surface area contributed by atoms with Gasteiger partial charge in [-0.25, -0.2) is 0 Å². The molecule has 0 saturated heterocycles. The van der Waals surface area contributed by atoms with Crippen LogP contribution in [0.5, 0.6) is 0 Å². The number of carbonyl (C=O) groups is 2. The number of hydrogen-bond donors (Lipinski definition) is 2. The Morgan fingerprint density at radius 1 is 1.25 bits per heavy atom. The molecule has 0 aliphatic heterocycles. The van der Waals surface area contributed by atoms with Crippen LogP contribution in [0.1, 0.15) is 48.7 Å². The Morgan fingerprint density at radius 3 is 2.30 bits per heavy atom. The zero-order valence-electron chi connectivity index (χ0n) is 12.8. The predicted molar refractivity (Wildman–Crippen MR) is 78.9 cm³/mol. The van der Waals surface area contributed by atoms with Gasteiger partial charge in [0.1, 0.15) is 0 Å². The molecule has 1 atom stereocenters. The van der Waals surface area contributed by atoms with Gasteiger partial charge in [-0.05, 0) is 30.9 Å². The third-order valence-electron chi connectivity index (χ3n) is 3.36. The summed E-state index contributed by atoms with van der Waals surface area (Å²) in [5.74, 6) is -1.13. The number of carboxylic acid groups (broad SMARTS) is 1. The smallest absolute Gasteiger partial charge is 0.305 e. The summed E-state index contributed by atoms with van der Waals surface area (Å²) in [7, 11) is 0. The van der Waals surface area contributed by atoms with Crippen LogP contribution in [0.3, 0.4) is 0 Å². The number of amides is 1. The van der Waals surface area contributed by atoms with Gasteiger partial charge in [0.25, 0.3) is 5.91 Å². The van der Waals surface area contributed by atoms with E-state index in [1.54, 1.807) is 6.07 Å². The third kappa shape index (κ3) is 4.37. The zero-order valence-corrected chi connectivity index (χ0v) is 12.8. The lowest BCUT2D eigenvalue weighted by Crippen LogP contribution is -2.45. The molecular formula is C16H23NO3. The van der Waals surface area contributed by atoms with Gasteiger partial charge >= 0.3 is 5.97 Å². The molecule has 1 aromatic carbocycles. The largest absolute Gasteiger partial charge is 0.481 e. The van der Waals surface area contributed by atoms with Gasteiger partial charge in [-0.2, -0.15) is 0 Å². The molecule has 2 N–H and O–H groups in total. The number of carboxylic acids is 1. The van der Waals surface area contributed by atoms with Gasteiger partial charge in [0.15, 0.2) is 0 Å². The summed E-state index contributed by atoms with van der Waals surface area (Å²) in [6, 6.07) is 5.19. The predicted octanol–water partition coefficient (Wildman–Crippen LogP) is 2.92. The summed E-state index contributed by atoms with van der Waals surface area (Å²) in [5.41, 5.74) is 2.27. The van der Waals surface area contributed by atoms with Crippen LogP contribution in [0.2, 0.25) is 0 Å². The van der Waals surface area contributed by atoms with E-state index in [2.05, 4.69) is 5.32 Å². The lowest BCUT2D eigenvalue weighted by molar-refractivity contribution is -0.138. The van der Waals surface area contributed by atoms with Crippen molar-refractivity contribution in [2.45, 2.75) is 47.1 Å². The van der Waals surface area contributed by atoms with E-state index in [4.69, 9.17) is 5.11 Å². The van der Waals surface area contributed by atoms with Gasteiger partial charge in [-0.1, -0.05) is 38.5 Å². The van der Waals surface area contributed by atoms with E-state index in [0.717, 1.165) is 11.1 Å². The quantitative estimate of drug-likeness (QED) is 0.889. The molecule has 1 aromatic rings. The van der Waals surface area contributed by atoms with Crippen LogP contribution in [-0.2, 0) is 4.79 Å².